The number of fused-ring (bicyclic) bond motifs is 6. The summed E-state index contributed by atoms with van der Waals surface area (Å²) in [6, 6.07) is 52.5. The Labute approximate surface area is 253 Å². The van der Waals surface area contributed by atoms with Crippen molar-refractivity contribution in [3.05, 3.63) is 152 Å². The molecule has 0 saturated heterocycles. The van der Waals surface area contributed by atoms with Crippen LogP contribution in [0.1, 0.15) is 0 Å². The van der Waals surface area contributed by atoms with Gasteiger partial charge in [-0.2, -0.15) is 0 Å². The molecule has 44 heavy (non-hydrogen) atoms. The Morgan fingerprint density at radius 2 is 0.977 bits per heavy atom. The fraction of sp³-hybridized carbons (Fsp3) is 0. The average molecular weight is 564 g/mol. The van der Waals surface area contributed by atoms with Gasteiger partial charge in [-0.15, -0.1) is 0 Å². The molecule has 0 N–H and O–H groups in total. The smallest absolute Gasteiger partial charge is 0.160 e. The number of hydrogen-bond acceptors (Lipinski definition) is 3. The first-order valence-electron chi connectivity index (χ1n) is 14.8. The summed E-state index contributed by atoms with van der Waals surface area (Å²) >= 11 is 0. The molecule has 0 fully saturated rings. The molecule has 9 aromatic rings. The third kappa shape index (κ3) is 3.92. The number of aromatic nitrogens is 3. The molecule has 0 aliphatic rings. The summed E-state index contributed by atoms with van der Waals surface area (Å²) in [4.78, 5) is 10.1. The van der Waals surface area contributed by atoms with Gasteiger partial charge in [0.2, 0.25) is 0 Å². The minimum absolute atomic E-state index is 0.689. The van der Waals surface area contributed by atoms with Gasteiger partial charge >= 0.3 is 0 Å². The van der Waals surface area contributed by atoms with Crippen molar-refractivity contribution < 1.29 is 4.42 Å². The topological polar surface area (TPSA) is 43.9 Å². The first-order chi connectivity index (χ1) is 21.8. The van der Waals surface area contributed by atoms with E-state index in [1.807, 2.05) is 36.4 Å². The molecular weight excluding hydrogens is 538 g/mol. The predicted molar refractivity (Wildman–Crippen MR) is 180 cm³/mol. The zero-order valence-corrected chi connectivity index (χ0v) is 23.7. The van der Waals surface area contributed by atoms with Crippen LogP contribution in [0.3, 0.4) is 0 Å². The van der Waals surface area contributed by atoms with Gasteiger partial charge in [0.25, 0.3) is 0 Å². The van der Waals surface area contributed by atoms with E-state index >= 15 is 0 Å². The summed E-state index contributed by atoms with van der Waals surface area (Å²) in [5.74, 6) is 0.689. The predicted octanol–water partition coefficient (Wildman–Crippen LogP) is 10.5. The molecule has 0 unspecified atom stereocenters. The van der Waals surface area contributed by atoms with E-state index in [4.69, 9.17) is 14.4 Å². The Morgan fingerprint density at radius 1 is 0.409 bits per heavy atom. The third-order valence-corrected chi connectivity index (χ3v) is 8.43. The van der Waals surface area contributed by atoms with Crippen LogP contribution in [0.15, 0.2) is 156 Å². The van der Waals surface area contributed by atoms with Gasteiger partial charge in [0.1, 0.15) is 11.2 Å². The number of para-hydroxylation sites is 3. The molecule has 4 nitrogen and oxygen atoms in total. The fourth-order valence-electron chi connectivity index (χ4n) is 6.33. The van der Waals surface area contributed by atoms with Crippen molar-refractivity contribution in [2.75, 3.05) is 0 Å². The lowest BCUT2D eigenvalue weighted by Gasteiger charge is -2.11. The number of hydrogen-bond donors (Lipinski definition) is 0. The molecule has 0 spiro atoms. The summed E-state index contributed by atoms with van der Waals surface area (Å²) in [6.45, 7) is 0. The lowest BCUT2D eigenvalue weighted by Crippen LogP contribution is -1.97. The molecule has 0 bridgehead atoms. The summed E-state index contributed by atoms with van der Waals surface area (Å²) < 4.78 is 8.54. The molecule has 3 heterocycles. The molecule has 0 saturated carbocycles. The maximum absolute atomic E-state index is 6.21. The first-order valence-corrected chi connectivity index (χ1v) is 14.8. The minimum atomic E-state index is 0.689. The number of rotatable bonds is 4. The van der Waals surface area contributed by atoms with Crippen LogP contribution in [0.2, 0.25) is 0 Å². The normalized spacial score (nSPS) is 11.6. The van der Waals surface area contributed by atoms with Crippen molar-refractivity contribution >= 4 is 43.7 Å². The summed E-state index contributed by atoms with van der Waals surface area (Å²) in [6.07, 6.45) is 0. The molecule has 0 atom stereocenters. The van der Waals surface area contributed by atoms with Crippen LogP contribution in [0, 0.1) is 0 Å². The maximum Gasteiger partial charge on any atom is 0.160 e. The molecule has 0 aliphatic carbocycles. The lowest BCUT2D eigenvalue weighted by atomic mass is 10.0. The molecule has 0 aliphatic heterocycles. The van der Waals surface area contributed by atoms with Crippen molar-refractivity contribution in [3.8, 4) is 39.6 Å². The number of furan rings is 1. The molecule has 0 radical (unpaired) electrons. The third-order valence-electron chi connectivity index (χ3n) is 8.43. The highest BCUT2D eigenvalue weighted by molar-refractivity contribution is 6.09. The average Bonchev–Trinajstić information content (AvgIpc) is 3.64. The van der Waals surface area contributed by atoms with Gasteiger partial charge in [-0.3, -0.25) is 0 Å². The van der Waals surface area contributed by atoms with Gasteiger partial charge in [0, 0.05) is 43.9 Å². The van der Waals surface area contributed by atoms with E-state index in [-0.39, 0.29) is 0 Å². The van der Waals surface area contributed by atoms with E-state index in [1.165, 1.54) is 21.8 Å². The highest BCUT2D eigenvalue weighted by Crippen LogP contribution is 2.35. The summed E-state index contributed by atoms with van der Waals surface area (Å²) in [5.41, 5.74) is 9.93. The lowest BCUT2D eigenvalue weighted by molar-refractivity contribution is 0.669. The highest BCUT2D eigenvalue weighted by atomic mass is 16.3. The largest absolute Gasteiger partial charge is 0.456 e. The zero-order chi connectivity index (χ0) is 29.0. The standard InChI is InChI=1S/C40H25N3O/c1-2-10-27(11-3-1)40-41-34(25-35(42-40)28-20-23-33-32-14-6-9-17-38(32)44-39(33)24-28)26-18-21-29(22-19-26)43-36-15-7-4-12-30(36)31-13-5-8-16-37(31)43/h1-25H. The minimum Gasteiger partial charge on any atom is -0.456 e. The molecule has 6 aromatic carbocycles. The van der Waals surface area contributed by atoms with E-state index in [1.54, 1.807) is 0 Å². The van der Waals surface area contributed by atoms with Crippen molar-refractivity contribution in [1.29, 1.82) is 0 Å². The number of nitrogens with zero attached hydrogens (tertiary/aromatic N) is 3. The second-order valence-electron chi connectivity index (χ2n) is 11.1. The van der Waals surface area contributed by atoms with Gasteiger partial charge in [0.15, 0.2) is 5.82 Å². The Hall–Kier alpha value is -6.00. The molecular formula is C40H25N3O. The highest BCUT2D eigenvalue weighted by Gasteiger charge is 2.15. The van der Waals surface area contributed by atoms with Crippen molar-refractivity contribution in [3.63, 3.8) is 0 Å². The molecule has 4 heteroatoms. The fourth-order valence-corrected chi connectivity index (χ4v) is 6.33. The SMILES string of the molecule is c1ccc(-c2nc(-c3ccc(-n4c5ccccc5c5ccccc54)cc3)cc(-c3ccc4c(c3)oc3ccccc34)n2)cc1. The second kappa shape index (κ2) is 9.79. The molecule has 3 aromatic heterocycles. The van der Waals surface area contributed by atoms with E-state index in [9.17, 15) is 0 Å². The monoisotopic (exact) mass is 563 g/mol. The Bertz CT molecular complexity index is 2430. The van der Waals surface area contributed by atoms with Crippen LogP contribution >= 0.6 is 0 Å². The van der Waals surface area contributed by atoms with Crippen molar-refractivity contribution in [1.82, 2.24) is 14.5 Å². The molecule has 9 rings (SSSR count). The number of benzene rings is 6. The van der Waals surface area contributed by atoms with E-state index in [2.05, 4.69) is 120 Å². The van der Waals surface area contributed by atoms with Gasteiger partial charge in [-0.05, 0) is 48.5 Å². The van der Waals surface area contributed by atoms with Crippen LogP contribution in [0.5, 0.6) is 0 Å². The van der Waals surface area contributed by atoms with E-state index in [0.717, 1.165) is 55.7 Å². The van der Waals surface area contributed by atoms with Gasteiger partial charge in [-0.1, -0.05) is 103 Å². The van der Waals surface area contributed by atoms with Gasteiger partial charge in [-0.25, -0.2) is 9.97 Å². The molecule has 206 valence electrons. The second-order valence-corrected chi connectivity index (χ2v) is 11.1. The van der Waals surface area contributed by atoms with Crippen LogP contribution in [0.4, 0.5) is 0 Å². The zero-order valence-electron chi connectivity index (χ0n) is 23.7. The summed E-state index contributed by atoms with van der Waals surface area (Å²) in [7, 11) is 0. The van der Waals surface area contributed by atoms with Crippen LogP contribution < -0.4 is 0 Å². The van der Waals surface area contributed by atoms with E-state index < -0.39 is 0 Å². The van der Waals surface area contributed by atoms with E-state index in [0.29, 0.717) is 5.82 Å². The summed E-state index contributed by atoms with van der Waals surface area (Å²) in [5, 5.41) is 4.72. The van der Waals surface area contributed by atoms with Crippen molar-refractivity contribution in [2.24, 2.45) is 0 Å². The van der Waals surface area contributed by atoms with Gasteiger partial charge in [0.05, 0.1) is 22.4 Å². The van der Waals surface area contributed by atoms with Crippen LogP contribution in [0.25, 0.3) is 83.3 Å². The van der Waals surface area contributed by atoms with Crippen molar-refractivity contribution in [2.45, 2.75) is 0 Å². The van der Waals surface area contributed by atoms with Crippen LogP contribution in [-0.4, -0.2) is 14.5 Å². The van der Waals surface area contributed by atoms with Gasteiger partial charge < -0.3 is 8.98 Å². The molecule has 0 amide bonds. The maximum atomic E-state index is 6.21. The first kappa shape index (κ1) is 24.6. The Kier molecular flexibility index (Phi) is 5.47. The Balaban J connectivity index is 1.18. The quantitative estimate of drug-likeness (QED) is 0.214. The Morgan fingerprint density at radius 3 is 1.70 bits per heavy atom. The van der Waals surface area contributed by atoms with Crippen LogP contribution in [-0.2, 0) is 0 Å².